The topological polar surface area (TPSA) is 0 Å². The third kappa shape index (κ3) is 1.58. The molecule has 0 aliphatic heterocycles. The molecule has 0 N–H and O–H groups in total. The second-order valence-corrected chi connectivity index (χ2v) is 3.18. The van der Waals surface area contributed by atoms with E-state index in [-0.39, 0.29) is 0 Å². The second-order valence-electron chi connectivity index (χ2n) is 3.18. The summed E-state index contributed by atoms with van der Waals surface area (Å²) in [6.07, 6.45) is 8.13. The van der Waals surface area contributed by atoms with Crippen molar-refractivity contribution in [2.24, 2.45) is 0 Å². The first-order chi connectivity index (χ1) is 5.97. The Kier molecular flexibility index (Phi) is 2.26. The Morgan fingerprint density at radius 1 is 0.917 bits per heavy atom. The van der Waals surface area contributed by atoms with Crippen LogP contribution in [0.25, 0.3) is 0 Å². The van der Waals surface area contributed by atoms with Gasteiger partial charge in [0.25, 0.3) is 0 Å². The molecule has 0 aromatic heterocycles. The lowest BCUT2D eigenvalue weighted by Crippen LogP contribution is -2.00. The van der Waals surface area contributed by atoms with Gasteiger partial charge >= 0.3 is 0 Å². The van der Waals surface area contributed by atoms with Crippen LogP contribution in [0.4, 0.5) is 0 Å². The molecule has 2 rings (SSSR count). The molecule has 0 amide bonds. The second kappa shape index (κ2) is 3.57. The molecule has 1 aromatic rings. The molecule has 0 unspecified atom stereocenters. The summed E-state index contributed by atoms with van der Waals surface area (Å²) in [4.78, 5) is 0. The smallest absolute Gasteiger partial charge is 0.00902 e. The first-order valence-electron chi connectivity index (χ1n) is 4.52. The van der Waals surface area contributed by atoms with Crippen LogP contribution >= 0.6 is 0 Å². The fourth-order valence-electron chi connectivity index (χ4n) is 1.64. The Morgan fingerprint density at radius 2 is 1.75 bits per heavy atom. The van der Waals surface area contributed by atoms with Gasteiger partial charge in [-0.3, -0.25) is 0 Å². The van der Waals surface area contributed by atoms with Crippen molar-refractivity contribution >= 4 is 0 Å². The molecule has 0 heterocycles. The average molecular weight is 157 g/mol. The quantitative estimate of drug-likeness (QED) is 0.548. The molecule has 0 atom stereocenters. The summed E-state index contributed by atoms with van der Waals surface area (Å²) in [6, 6.07) is 10.7. The molecule has 1 radical (unpaired) electrons. The summed E-state index contributed by atoms with van der Waals surface area (Å²) in [5, 5.41) is 0. The fraction of sp³-hybridized carbons (Fsp3) is 0.250. The van der Waals surface area contributed by atoms with E-state index in [1.54, 1.807) is 5.92 Å². The fourth-order valence-corrected chi connectivity index (χ4v) is 1.64. The van der Waals surface area contributed by atoms with Gasteiger partial charge in [-0.2, -0.15) is 0 Å². The third-order valence-electron chi connectivity index (χ3n) is 2.33. The largest absolute Gasteiger partial charge is 0.0885 e. The molecule has 0 spiro atoms. The van der Waals surface area contributed by atoms with Crippen molar-refractivity contribution in [3.05, 3.63) is 54.0 Å². The van der Waals surface area contributed by atoms with Crippen molar-refractivity contribution in [3.63, 3.8) is 0 Å². The van der Waals surface area contributed by atoms with Gasteiger partial charge in [0.05, 0.1) is 0 Å². The monoisotopic (exact) mass is 157 g/mol. The molecule has 0 nitrogen and oxygen atoms in total. The SMILES string of the molecule is C1=CC[C](c2ccccc2)CC1. The van der Waals surface area contributed by atoms with Crippen LogP contribution in [0.3, 0.4) is 0 Å². The highest BCUT2D eigenvalue weighted by molar-refractivity contribution is 5.32. The van der Waals surface area contributed by atoms with Crippen LogP contribution in [0.5, 0.6) is 0 Å². The van der Waals surface area contributed by atoms with Crippen LogP contribution in [0.1, 0.15) is 24.8 Å². The standard InChI is InChI=1S/C12H13/c1-3-7-11(8-4-1)12-9-5-2-6-10-12/h1-5,7-8H,6,9-10H2. The van der Waals surface area contributed by atoms with E-state index in [9.17, 15) is 0 Å². The molecular weight excluding hydrogens is 144 g/mol. The zero-order valence-electron chi connectivity index (χ0n) is 7.16. The Bertz CT molecular complexity index is 259. The molecule has 0 heteroatoms. The van der Waals surface area contributed by atoms with Crippen molar-refractivity contribution in [2.45, 2.75) is 19.3 Å². The van der Waals surface area contributed by atoms with E-state index in [1.165, 1.54) is 18.4 Å². The summed E-state index contributed by atoms with van der Waals surface area (Å²) >= 11 is 0. The molecule has 1 aliphatic rings. The van der Waals surface area contributed by atoms with Gasteiger partial charge in [-0.15, -0.1) is 0 Å². The Morgan fingerprint density at radius 3 is 2.42 bits per heavy atom. The highest BCUT2D eigenvalue weighted by Gasteiger charge is 2.11. The predicted octanol–water partition coefficient (Wildman–Crippen LogP) is 3.35. The molecule has 0 bridgehead atoms. The molecule has 0 saturated carbocycles. The maximum Gasteiger partial charge on any atom is 0.00902 e. The lowest BCUT2D eigenvalue weighted by Gasteiger charge is -2.16. The van der Waals surface area contributed by atoms with Crippen molar-refractivity contribution < 1.29 is 0 Å². The minimum Gasteiger partial charge on any atom is -0.0885 e. The molecule has 12 heavy (non-hydrogen) atoms. The van der Waals surface area contributed by atoms with Gasteiger partial charge in [-0.25, -0.2) is 0 Å². The summed E-state index contributed by atoms with van der Waals surface area (Å²) in [5.41, 5.74) is 1.42. The Labute approximate surface area is 73.9 Å². The first-order valence-corrected chi connectivity index (χ1v) is 4.52. The summed E-state index contributed by atoms with van der Waals surface area (Å²) in [7, 11) is 0. The van der Waals surface area contributed by atoms with Crippen LogP contribution in [-0.4, -0.2) is 0 Å². The predicted molar refractivity (Wildman–Crippen MR) is 51.8 cm³/mol. The van der Waals surface area contributed by atoms with E-state index in [0.717, 1.165) is 6.42 Å². The summed E-state index contributed by atoms with van der Waals surface area (Å²) in [5.74, 6) is 1.58. The molecule has 1 aliphatic carbocycles. The maximum atomic E-state index is 2.27. The highest BCUT2D eigenvalue weighted by atomic mass is 14.2. The molecule has 0 saturated heterocycles. The van der Waals surface area contributed by atoms with E-state index in [2.05, 4.69) is 42.5 Å². The molecule has 0 fully saturated rings. The minimum atomic E-state index is 1.14. The van der Waals surface area contributed by atoms with Crippen LogP contribution in [0, 0.1) is 5.92 Å². The first kappa shape index (κ1) is 7.60. The number of benzene rings is 1. The van der Waals surface area contributed by atoms with Gasteiger partial charge in [0.15, 0.2) is 0 Å². The van der Waals surface area contributed by atoms with Crippen LogP contribution in [-0.2, 0) is 0 Å². The number of hydrogen-bond acceptors (Lipinski definition) is 0. The maximum absolute atomic E-state index is 2.27. The molecule has 61 valence electrons. The summed E-state index contributed by atoms with van der Waals surface area (Å²) in [6.45, 7) is 0. The van der Waals surface area contributed by atoms with Crippen molar-refractivity contribution in [3.8, 4) is 0 Å². The number of hydrogen-bond donors (Lipinski definition) is 0. The zero-order chi connectivity index (χ0) is 8.23. The van der Waals surface area contributed by atoms with Crippen LogP contribution in [0.2, 0.25) is 0 Å². The summed E-state index contributed by atoms with van der Waals surface area (Å²) < 4.78 is 0. The van der Waals surface area contributed by atoms with E-state index < -0.39 is 0 Å². The zero-order valence-corrected chi connectivity index (χ0v) is 7.16. The number of allylic oxidation sites excluding steroid dienone is 2. The van der Waals surface area contributed by atoms with Crippen molar-refractivity contribution in [2.75, 3.05) is 0 Å². The normalized spacial score (nSPS) is 18.0. The van der Waals surface area contributed by atoms with Crippen molar-refractivity contribution in [1.82, 2.24) is 0 Å². The Hall–Kier alpha value is -1.04. The lowest BCUT2D eigenvalue weighted by molar-refractivity contribution is 0.800. The van der Waals surface area contributed by atoms with Crippen molar-refractivity contribution in [1.29, 1.82) is 0 Å². The van der Waals surface area contributed by atoms with E-state index in [0.29, 0.717) is 0 Å². The minimum absolute atomic E-state index is 1.14. The van der Waals surface area contributed by atoms with Crippen LogP contribution < -0.4 is 0 Å². The van der Waals surface area contributed by atoms with Gasteiger partial charge in [0, 0.05) is 5.92 Å². The Balaban J connectivity index is 2.15. The van der Waals surface area contributed by atoms with E-state index >= 15 is 0 Å². The number of rotatable bonds is 1. The van der Waals surface area contributed by atoms with Gasteiger partial charge in [0.2, 0.25) is 0 Å². The molecular formula is C12H13. The van der Waals surface area contributed by atoms with Gasteiger partial charge < -0.3 is 0 Å². The lowest BCUT2D eigenvalue weighted by atomic mass is 9.88. The van der Waals surface area contributed by atoms with Gasteiger partial charge in [0.1, 0.15) is 0 Å². The van der Waals surface area contributed by atoms with Gasteiger partial charge in [-0.1, -0.05) is 42.5 Å². The van der Waals surface area contributed by atoms with Gasteiger partial charge in [-0.05, 0) is 24.8 Å². The van der Waals surface area contributed by atoms with E-state index in [1.807, 2.05) is 0 Å². The third-order valence-corrected chi connectivity index (χ3v) is 2.33. The van der Waals surface area contributed by atoms with E-state index in [4.69, 9.17) is 0 Å². The molecule has 1 aromatic carbocycles. The average Bonchev–Trinajstić information content (AvgIpc) is 2.21. The highest BCUT2D eigenvalue weighted by Crippen LogP contribution is 2.27. The van der Waals surface area contributed by atoms with Crippen LogP contribution in [0.15, 0.2) is 42.5 Å².